The van der Waals surface area contributed by atoms with Crippen molar-refractivity contribution < 1.29 is 27.6 Å². The molecule has 0 bridgehead atoms. The molecule has 0 spiro atoms. The Balaban J connectivity index is 1.30. The lowest BCUT2D eigenvalue weighted by Gasteiger charge is -2.35. The standard InChI is InChI=1S/C22H23F2N5O4/c1-12-3-4-14(9-25-12)21-17(13(2)33-29-21)10-32-20-6-5-18(27-28-20)22(30)26-15-7-16(8-15)31-11-19(23)24/h3-6,9,15-16,19H,7-8,10-11H2,1-2H3,(H,26,30)/t15-,16-. The summed E-state index contributed by atoms with van der Waals surface area (Å²) in [6, 6.07) is 6.72. The summed E-state index contributed by atoms with van der Waals surface area (Å²) in [4.78, 5) is 16.6. The van der Waals surface area contributed by atoms with Crippen LogP contribution in [0, 0.1) is 13.8 Å². The second-order valence-electron chi connectivity index (χ2n) is 7.79. The SMILES string of the molecule is Cc1ccc(-c2noc(C)c2COc2ccc(C(=O)N[C@H]3C[C@H](OCC(F)F)C3)nn2)cn1. The quantitative estimate of drug-likeness (QED) is 0.519. The van der Waals surface area contributed by atoms with Crippen molar-refractivity contribution in [3.8, 4) is 17.1 Å². The summed E-state index contributed by atoms with van der Waals surface area (Å²) in [7, 11) is 0. The molecule has 1 amide bonds. The van der Waals surface area contributed by atoms with Crippen molar-refractivity contribution in [1.82, 2.24) is 25.7 Å². The van der Waals surface area contributed by atoms with Gasteiger partial charge in [-0.2, -0.15) is 0 Å². The van der Waals surface area contributed by atoms with Crippen molar-refractivity contribution >= 4 is 5.91 Å². The number of amides is 1. The Labute approximate surface area is 188 Å². The molecule has 0 atom stereocenters. The Bertz CT molecular complexity index is 1080. The lowest BCUT2D eigenvalue weighted by Crippen LogP contribution is -2.48. The van der Waals surface area contributed by atoms with E-state index in [0.29, 0.717) is 24.3 Å². The predicted octanol–water partition coefficient (Wildman–Crippen LogP) is 3.26. The number of hydrogen-bond acceptors (Lipinski definition) is 8. The van der Waals surface area contributed by atoms with Crippen molar-refractivity contribution in [2.24, 2.45) is 0 Å². The van der Waals surface area contributed by atoms with E-state index in [4.69, 9.17) is 14.0 Å². The van der Waals surface area contributed by atoms with Crippen LogP contribution in [0.4, 0.5) is 8.78 Å². The number of alkyl halides is 2. The van der Waals surface area contributed by atoms with E-state index in [-0.39, 0.29) is 30.3 Å². The second-order valence-corrected chi connectivity index (χ2v) is 7.79. The van der Waals surface area contributed by atoms with Crippen LogP contribution in [0.5, 0.6) is 5.88 Å². The van der Waals surface area contributed by atoms with Gasteiger partial charge in [-0.1, -0.05) is 5.16 Å². The van der Waals surface area contributed by atoms with Crippen LogP contribution in [0.1, 0.15) is 40.3 Å². The minimum Gasteiger partial charge on any atom is -0.472 e. The van der Waals surface area contributed by atoms with Gasteiger partial charge in [0.05, 0.1) is 11.7 Å². The summed E-state index contributed by atoms with van der Waals surface area (Å²) in [5.41, 5.74) is 3.24. The fourth-order valence-corrected chi connectivity index (χ4v) is 3.35. The largest absolute Gasteiger partial charge is 0.472 e. The Morgan fingerprint density at radius 3 is 2.70 bits per heavy atom. The molecule has 0 unspecified atom stereocenters. The molecule has 3 aromatic rings. The van der Waals surface area contributed by atoms with E-state index in [9.17, 15) is 13.6 Å². The molecule has 1 N–H and O–H groups in total. The van der Waals surface area contributed by atoms with Gasteiger partial charge in [0.15, 0.2) is 5.69 Å². The normalized spacial score (nSPS) is 17.6. The first kappa shape index (κ1) is 22.7. The van der Waals surface area contributed by atoms with Crippen LogP contribution in [-0.2, 0) is 11.3 Å². The van der Waals surface area contributed by atoms with Gasteiger partial charge in [0, 0.05) is 29.6 Å². The van der Waals surface area contributed by atoms with Gasteiger partial charge < -0.3 is 19.3 Å². The third-order valence-corrected chi connectivity index (χ3v) is 5.29. The summed E-state index contributed by atoms with van der Waals surface area (Å²) in [5, 5.41) is 14.8. The minimum absolute atomic E-state index is 0.131. The van der Waals surface area contributed by atoms with Gasteiger partial charge in [0.2, 0.25) is 5.88 Å². The van der Waals surface area contributed by atoms with E-state index < -0.39 is 18.9 Å². The van der Waals surface area contributed by atoms with Gasteiger partial charge in [0.25, 0.3) is 12.3 Å². The van der Waals surface area contributed by atoms with E-state index in [1.165, 1.54) is 6.07 Å². The lowest BCUT2D eigenvalue weighted by molar-refractivity contribution is -0.0629. The lowest BCUT2D eigenvalue weighted by atomic mass is 9.89. The number of carbonyl (C=O) groups excluding carboxylic acids is 1. The number of ether oxygens (including phenoxy) is 2. The van der Waals surface area contributed by atoms with E-state index in [0.717, 1.165) is 16.8 Å². The number of halogens is 2. The number of pyridine rings is 1. The van der Waals surface area contributed by atoms with Crippen molar-refractivity contribution in [2.45, 2.75) is 51.9 Å². The average molecular weight is 459 g/mol. The van der Waals surface area contributed by atoms with Gasteiger partial charge in [0.1, 0.15) is 24.7 Å². The first-order chi connectivity index (χ1) is 15.9. The van der Waals surface area contributed by atoms with E-state index in [1.807, 2.05) is 19.1 Å². The maximum atomic E-state index is 12.3. The van der Waals surface area contributed by atoms with Crippen LogP contribution in [0.3, 0.4) is 0 Å². The molecule has 3 aromatic heterocycles. The number of aryl methyl sites for hydroxylation is 2. The van der Waals surface area contributed by atoms with Gasteiger partial charge in [-0.25, -0.2) is 8.78 Å². The maximum Gasteiger partial charge on any atom is 0.272 e. The van der Waals surface area contributed by atoms with E-state index >= 15 is 0 Å². The molecule has 1 aliphatic carbocycles. The van der Waals surface area contributed by atoms with Crippen LogP contribution in [0.15, 0.2) is 35.0 Å². The summed E-state index contributed by atoms with van der Waals surface area (Å²) in [5.74, 6) is 0.463. The number of nitrogens with zero attached hydrogens (tertiary/aromatic N) is 4. The molecular formula is C22H23F2N5O4. The summed E-state index contributed by atoms with van der Waals surface area (Å²) >= 11 is 0. The molecule has 0 aliphatic heterocycles. The van der Waals surface area contributed by atoms with Crippen LogP contribution < -0.4 is 10.1 Å². The molecule has 0 radical (unpaired) electrons. The second kappa shape index (κ2) is 9.99. The van der Waals surface area contributed by atoms with Crippen LogP contribution in [0.25, 0.3) is 11.3 Å². The van der Waals surface area contributed by atoms with Crippen LogP contribution in [0.2, 0.25) is 0 Å². The molecule has 0 aromatic carbocycles. The molecule has 1 fully saturated rings. The van der Waals surface area contributed by atoms with Crippen LogP contribution >= 0.6 is 0 Å². The zero-order valence-electron chi connectivity index (χ0n) is 18.1. The monoisotopic (exact) mass is 459 g/mol. The minimum atomic E-state index is -2.49. The highest BCUT2D eigenvalue weighted by molar-refractivity contribution is 5.92. The zero-order valence-corrected chi connectivity index (χ0v) is 18.1. The number of rotatable bonds is 9. The smallest absolute Gasteiger partial charge is 0.272 e. The molecule has 9 nitrogen and oxygen atoms in total. The Morgan fingerprint density at radius 2 is 2.03 bits per heavy atom. The van der Waals surface area contributed by atoms with Gasteiger partial charge in [-0.05, 0) is 44.9 Å². The molecule has 1 saturated carbocycles. The van der Waals surface area contributed by atoms with Crippen molar-refractivity contribution in [1.29, 1.82) is 0 Å². The van der Waals surface area contributed by atoms with E-state index in [2.05, 4.69) is 25.7 Å². The Morgan fingerprint density at radius 1 is 1.21 bits per heavy atom. The average Bonchev–Trinajstić information content (AvgIpc) is 3.14. The highest BCUT2D eigenvalue weighted by Crippen LogP contribution is 2.26. The van der Waals surface area contributed by atoms with E-state index in [1.54, 1.807) is 19.2 Å². The van der Waals surface area contributed by atoms with Crippen LogP contribution in [-0.4, -0.2) is 51.4 Å². The highest BCUT2D eigenvalue weighted by Gasteiger charge is 2.32. The predicted molar refractivity (Wildman–Crippen MR) is 112 cm³/mol. The molecule has 11 heteroatoms. The third-order valence-electron chi connectivity index (χ3n) is 5.29. The first-order valence-corrected chi connectivity index (χ1v) is 10.4. The fourth-order valence-electron chi connectivity index (χ4n) is 3.35. The van der Waals surface area contributed by atoms with Crippen molar-refractivity contribution in [3.05, 3.63) is 53.2 Å². The summed E-state index contributed by atoms with van der Waals surface area (Å²) in [6.45, 7) is 3.26. The molecule has 0 saturated heterocycles. The molecule has 1 aliphatic rings. The number of aromatic nitrogens is 4. The first-order valence-electron chi connectivity index (χ1n) is 10.4. The maximum absolute atomic E-state index is 12.3. The summed E-state index contributed by atoms with van der Waals surface area (Å²) in [6.07, 6.45) is -0.0470. The third kappa shape index (κ3) is 5.67. The Hall–Kier alpha value is -3.47. The Kier molecular flexibility index (Phi) is 6.87. The topological polar surface area (TPSA) is 112 Å². The number of hydrogen-bond donors (Lipinski definition) is 1. The molecule has 4 rings (SSSR count). The fraction of sp³-hybridized carbons (Fsp3) is 0.409. The van der Waals surface area contributed by atoms with Gasteiger partial charge in [-0.3, -0.25) is 9.78 Å². The number of nitrogens with one attached hydrogen (secondary N) is 1. The van der Waals surface area contributed by atoms with Gasteiger partial charge in [-0.15, -0.1) is 10.2 Å². The molecular weight excluding hydrogens is 436 g/mol. The van der Waals surface area contributed by atoms with Crippen molar-refractivity contribution in [2.75, 3.05) is 6.61 Å². The molecule has 174 valence electrons. The zero-order chi connectivity index (χ0) is 23.4. The summed E-state index contributed by atoms with van der Waals surface area (Å²) < 4.78 is 40.4. The molecule has 3 heterocycles. The molecule has 33 heavy (non-hydrogen) atoms. The van der Waals surface area contributed by atoms with Gasteiger partial charge >= 0.3 is 0 Å². The highest BCUT2D eigenvalue weighted by atomic mass is 19.3. The van der Waals surface area contributed by atoms with Crippen molar-refractivity contribution in [3.63, 3.8) is 0 Å². The number of carbonyl (C=O) groups is 1.